The van der Waals surface area contributed by atoms with Crippen LogP contribution >= 0.6 is 11.6 Å². The second kappa shape index (κ2) is 5.18. The first-order chi connectivity index (χ1) is 10.0. The number of hydrogen-bond donors (Lipinski definition) is 1. The van der Waals surface area contributed by atoms with E-state index in [9.17, 15) is 4.39 Å². The first kappa shape index (κ1) is 13.6. The summed E-state index contributed by atoms with van der Waals surface area (Å²) in [7, 11) is 0. The third-order valence-corrected chi connectivity index (χ3v) is 3.31. The van der Waals surface area contributed by atoms with E-state index in [1.54, 1.807) is 31.2 Å². The molecule has 2 N–H and O–H groups in total. The largest absolute Gasteiger partial charge is 0.398 e. The molecule has 21 heavy (non-hydrogen) atoms. The highest BCUT2D eigenvalue weighted by Crippen LogP contribution is 2.27. The molecule has 0 unspecified atom stereocenters. The van der Waals surface area contributed by atoms with Gasteiger partial charge in [0.05, 0.1) is 10.7 Å². The van der Waals surface area contributed by atoms with Gasteiger partial charge in [0.1, 0.15) is 5.82 Å². The van der Waals surface area contributed by atoms with Crippen molar-refractivity contribution in [2.75, 3.05) is 5.73 Å². The maximum atomic E-state index is 13.4. The lowest BCUT2D eigenvalue weighted by atomic mass is 10.1. The Morgan fingerprint density at radius 1 is 1.14 bits per heavy atom. The molecule has 3 rings (SSSR count). The third-order valence-electron chi connectivity index (χ3n) is 2.97. The number of halogens is 2. The van der Waals surface area contributed by atoms with Gasteiger partial charge in [0.15, 0.2) is 0 Å². The zero-order valence-electron chi connectivity index (χ0n) is 11.1. The fourth-order valence-corrected chi connectivity index (χ4v) is 2.12. The number of rotatable bonds is 2. The van der Waals surface area contributed by atoms with Crippen LogP contribution in [0.1, 0.15) is 5.56 Å². The molecule has 3 aromatic rings. The molecule has 0 amide bonds. The molecule has 0 fully saturated rings. The zero-order valence-corrected chi connectivity index (χ0v) is 11.9. The molecular weight excluding hydrogens is 293 g/mol. The van der Waals surface area contributed by atoms with Gasteiger partial charge in [-0.2, -0.15) is 4.98 Å². The number of benzene rings is 2. The van der Waals surface area contributed by atoms with Crippen LogP contribution in [0.25, 0.3) is 22.8 Å². The minimum Gasteiger partial charge on any atom is -0.398 e. The molecule has 0 saturated heterocycles. The predicted molar refractivity (Wildman–Crippen MR) is 79.3 cm³/mol. The van der Waals surface area contributed by atoms with Crippen LogP contribution in [0.5, 0.6) is 0 Å². The van der Waals surface area contributed by atoms with Crippen molar-refractivity contribution in [1.29, 1.82) is 0 Å². The lowest BCUT2D eigenvalue weighted by Gasteiger charge is -1.99. The molecule has 1 heterocycles. The Morgan fingerprint density at radius 2 is 1.95 bits per heavy atom. The number of aryl methyl sites for hydroxylation is 1. The Labute approximate surface area is 125 Å². The fraction of sp³-hybridized carbons (Fsp3) is 0.0667. The minimum absolute atomic E-state index is 0.301. The summed E-state index contributed by atoms with van der Waals surface area (Å²) in [6.07, 6.45) is 0. The molecular formula is C15H11ClFN3O. The van der Waals surface area contributed by atoms with Crippen LogP contribution in [0.3, 0.4) is 0 Å². The highest BCUT2D eigenvalue weighted by atomic mass is 35.5. The van der Waals surface area contributed by atoms with Gasteiger partial charge in [-0.25, -0.2) is 4.39 Å². The van der Waals surface area contributed by atoms with Gasteiger partial charge in [-0.1, -0.05) is 16.8 Å². The van der Waals surface area contributed by atoms with Gasteiger partial charge < -0.3 is 10.3 Å². The SMILES string of the molecule is Cc1cc(F)cc(-c2noc(-c3ccc(Cl)c(N)c3)n2)c1. The summed E-state index contributed by atoms with van der Waals surface area (Å²) in [5.74, 6) is 0.281. The lowest BCUT2D eigenvalue weighted by Crippen LogP contribution is -1.88. The van der Waals surface area contributed by atoms with Crippen molar-refractivity contribution in [2.24, 2.45) is 0 Å². The van der Waals surface area contributed by atoms with Crippen LogP contribution in [0.4, 0.5) is 10.1 Å². The molecule has 106 valence electrons. The Bertz CT molecular complexity index is 796. The van der Waals surface area contributed by atoms with Crippen LogP contribution in [0.15, 0.2) is 40.9 Å². The van der Waals surface area contributed by atoms with E-state index in [0.717, 1.165) is 5.56 Å². The average molecular weight is 304 g/mol. The normalized spacial score (nSPS) is 10.8. The second-order valence-electron chi connectivity index (χ2n) is 4.68. The number of nitrogen functional groups attached to an aromatic ring is 1. The van der Waals surface area contributed by atoms with Crippen molar-refractivity contribution in [3.8, 4) is 22.8 Å². The molecule has 0 saturated carbocycles. The summed E-state index contributed by atoms with van der Waals surface area (Å²) in [6.45, 7) is 1.80. The summed E-state index contributed by atoms with van der Waals surface area (Å²) < 4.78 is 18.6. The molecule has 0 bridgehead atoms. The van der Waals surface area contributed by atoms with Crippen LogP contribution < -0.4 is 5.73 Å². The van der Waals surface area contributed by atoms with Gasteiger partial charge >= 0.3 is 0 Å². The molecule has 0 aliphatic rings. The van der Waals surface area contributed by atoms with Crippen LogP contribution in [-0.2, 0) is 0 Å². The first-order valence-electron chi connectivity index (χ1n) is 6.19. The maximum absolute atomic E-state index is 13.4. The van der Waals surface area contributed by atoms with E-state index in [1.807, 2.05) is 0 Å². The third kappa shape index (κ3) is 2.73. The van der Waals surface area contributed by atoms with Crippen molar-refractivity contribution in [3.63, 3.8) is 0 Å². The van der Waals surface area contributed by atoms with E-state index in [0.29, 0.717) is 33.6 Å². The summed E-state index contributed by atoms with van der Waals surface area (Å²) in [5, 5.41) is 4.33. The second-order valence-corrected chi connectivity index (χ2v) is 5.08. The highest BCUT2D eigenvalue weighted by Gasteiger charge is 2.12. The van der Waals surface area contributed by atoms with E-state index in [4.69, 9.17) is 21.9 Å². The van der Waals surface area contributed by atoms with Crippen LogP contribution in [0.2, 0.25) is 5.02 Å². The molecule has 4 nitrogen and oxygen atoms in total. The van der Waals surface area contributed by atoms with Crippen molar-refractivity contribution in [3.05, 3.63) is 52.8 Å². The monoisotopic (exact) mass is 303 g/mol. The molecule has 0 aliphatic carbocycles. The Balaban J connectivity index is 2.01. The van der Waals surface area contributed by atoms with E-state index in [2.05, 4.69) is 10.1 Å². The van der Waals surface area contributed by atoms with E-state index >= 15 is 0 Å². The molecule has 6 heteroatoms. The van der Waals surface area contributed by atoms with Gasteiger partial charge in [0.2, 0.25) is 5.82 Å². The standard InChI is InChI=1S/C15H11ClFN3O/c1-8-4-10(6-11(17)5-8)14-19-15(21-20-14)9-2-3-12(16)13(18)7-9/h2-7H,18H2,1H3. The highest BCUT2D eigenvalue weighted by molar-refractivity contribution is 6.33. The summed E-state index contributed by atoms with van der Waals surface area (Å²) in [4.78, 5) is 4.26. The van der Waals surface area contributed by atoms with Crippen molar-refractivity contribution < 1.29 is 8.91 Å². The Morgan fingerprint density at radius 3 is 2.67 bits per heavy atom. The van der Waals surface area contributed by atoms with E-state index in [-0.39, 0.29) is 5.82 Å². The molecule has 2 aromatic carbocycles. The number of nitrogens with two attached hydrogens (primary N) is 1. The van der Waals surface area contributed by atoms with E-state index < -0.39 is 0 Å². The van der Waals surface area contributed by atoms with Crippen molar-refractivity contribution >= 4 is 17.3 Å². The number of anilines is 1. The lowest BCUT2D eigenvalue weighted by molar-refractivity contribution is 0.432. The Kier molecular flexibility index (Phi) is 3.35. The van der Waals surface area contributed by atoms with Crippen molar-refractivity contribution in [1.82, 2.24) is 10.1 Å². The Hall–Kier alpha value is -2.40. The molecule has 0 atom stereocenters. The number of nitrogens with zero attached hydrogens (tertiary/aromatic N) is 2. The van der Waals surface area contributed by atoms with E-state index in [1.165, 1.54) is 12.1 Å². The molecule has 0 aliphatic heterocycles. The molecule has 0 spiro atoms. The van der Waals surface area contributed by atoms with Gasteiger partial charge in [0, 0.05) is 11.1 Å². The molecule has 1 aromatic heterocycles. The van der Waals surface area contributed by atoms with Crippen LogP contribution in [0, 0.1) is 12.7 Å². The van der Waals surface area contributed by atoms with Gasteiger partial charge in [0.25, 0.3) is 5.89 Å². The quantitative estimate of drug-likeness (QED) is 0.724. The first-order valence-corrected chi connectivity index (χ1v) is 6.57. The summed E-state index contributed by atoms with van der Waals surface area (Å²) in [5.41, 5.74) is 8.17. The van der Waals surface area contributed by atoms with Crippen LogP contribution in [-0.4, -0.2) is 10.1 Å². The predicted octanol–water partition coefficient (Wildman–Crippen LogP) is 4.09. The number of aromatic nitrogens is 2. The maximum Gasteiger partial charge on any atom is 0.258 e. The van der Waals surface area contributed by atoms with Crippen molar-refractivity contribution in [2.45, 2.75) is 6.92 Å². The number of hydrogen-bond acceptors (Lipinski definition) is 4. The smallest absolute Gasteiger partial charge is 0.258 e. The summed E-state index contributed by atoms with van der Waals surface area (Å²) >= 11 is 5.87. The fourth-order valence-electron chi connectivity index (χ4n) is 2.00. The van der Waals surface area contributed by atoms with Gasteiger partial charge in [-0.15, -0.1) is 0 Å². The zero-order chi connectivity index (χ0) is 15.0. The topological polar surface area (TPSA) is 64.9 Å². The summed E-state index contributed by atoms with van der Waals surface area (Å²) in [6, 6.07) is 9.61. The minimum atomic E-state index is -0.341. The van der Waals surface area contributed by atoms with Gasteiger partial charge in [-0.05, 0) is 48.9 Å². The average Bonchev–Trinajstić information content (AvgIpc) is 2.90. The van der Waals surface area contributed by atoms with Gasteiger partial charge in [-0.3, -0.25) is 0 Å². The molecule has 0 radical (unpaired) electrons.